The zero-order valence-electron chi connectivity index (χ0n) is 14.5. The van der Waals surface area contributed by atoms with Crippen molar-refractivity contribution in [1.82, 2.24) is 20.0 Å². The van der Waals surface area contributed by atoms with E-state index >= 15 is 0 Å². The highest BCUT2D eigenvalue weighted by atomic mass is 35.5. The Bertz CT molecular complexity index is 518. The second-order valence-corrected chi connectivity index (χ2v) is 7.95. The van der Waals surface area contributed by atoms with Gasteiger partial charge in [-0.1, -0.05) is 11.6 Å². The molecule has 2 heterocycles. The van der Waals surface area contributed by atoms with E-state index in [2.05, 4.69) is 54.1 Å². The first-order valence-corrected chi connectivity index (χ1v) is 9.31. The van der Waals surface area contributed by atoms with E-state index in [0.29, 0.717) is 6.04 Å². The van der Waals surface area contributed by atoms with Crippen molar-refractivity contribution in [3.8, 4) is 0 Å². The van der Waals surface area contributed by atoms with Crippen molar-refractivity contribution in [1.29, 1.82) is 0 Å². The zero-order valence-corrected chi connectivity index (χ0v) is 16.1. The van der Waals surface area contributed by atoms with Crippen LogP contribution in [0.15, 0.2) is 17.1 Å². The van der Waals surface area contributed by atoms with E-state index in [1.807, 2.05) is 6.07 Å². The van der Waals surface area contributed by atoms with Crippen molar-refractivity contribution >= 4 is 28.9 Å². The molecule has 1 unspecified atom stereocenters. The van der Waals surface area contributed by atoms with Gasteiger partial charge in [0.25, 0.3) is 0 Å². The maximum atomic E-state index is 6.02. The van der Waals surface area contributed by atoms with Crippen molar-refractivity contribution in [2.75, 3.05) is 53.9 Å². The number of nitrogens with zero attached hydrogens (tertiary/aromatic N) is 4. The van der Waals surface area contributed by atoms with Gasteiger partial charge in [-0.05, 0) is 33.2 Å². The number of halogens is 1. The highest BCUT2D eigenvalue weighted by Crippen LogP contribution is 2.22. The van der Waals surface area contributed by atoms with Crippen LogP contribution in [0, 0.1) is 0 Å². The molecule has 1 aliphatic rings. The lowest BCUT2D eigenvalue weighted by Gasteiger charge is -2.37. The van der Waals surface area contributed by atoms with E-state index in [-0.39, 0.29) is 0 Å². The van der Waals surface area contributed by atoms with Gasteiger partial charge in [0.1, 0.15) is 0 Å². The zero-order chi connectivity index (χ0) is 16.8. The van der Waals surface area contributed by atoms with Gasteiger partial charge in [-0.15, -0.1) is 11.3 Å². The molecule has 1 aromatic rings. The minimum atomic E-state index is 0.479. The molecule has 1 aliphatic heterocycles. The Balaban J connectivity index is 1.98. The molecule has 1 fully saturated rings. The fourth-order valence-corrected chi connectivity index (χ4v) is 3.85. The fraction of sp³-hybridized carbons (Fsp3) is 0.688. The summed E-state index contributed by atoms with van der Waals surface area (Å²) in [6.45, 7) is 7.93. The second-order valence-electron chi connectivity index (χ2n) is 6.15. The molecule has 2 rings (SSSR count). The number of thiophene rings is 1. The van der Waals surface area contributed by atoms with Gasteiger partial charge in [0.2, 0.25) is 0 Å². The lowest BCUT2D eigenvalue weighted by Crippen LogP contribution is -2.51. The average molecular weight is 358 g/mol. The molecule has 1 N–H and O–H groups in total. The van der Waals surface area contributed by atoms with Gasteiger partial charge in [-0.3, -0.25) is 9.89 Å². The van der Waals surface area contributed by atoms with Gasteiger partial charge in [0, 0.05) is 44.1 Å². The van der Waals surface area contributed by atoms with Gasteiger partial charge in [-0.25, -0.2) is 0 Å². The van der Waals surface area contributed by atoms with Crippen LogP contribution < -0.4 is 5.32 Å². The number of nitrogens with one attached hydrogen (secondary N) is 1. The molecule has 7 heteroatoms. The summed E-state index contributed by atoms with van der Waals surface area (Å²) >= 11 is 7.65. The summed E-state index contributed by atoms with van der Waals surface area (Å²) in [6.07, 6.45) is 0. The summed E-state index contributed by atoms with van der Waals surface area (Å²) in [5.74, 6) is 0.957. The number of rotatable bonds is 5. The number of guanidine groups is 1. The monoisotopic (exact) mass is 357 g/mol. The Hall–Kier alpha value is -0.820. The summed E-state index contributed by atoms with van der Waals surface area (Å²) in [7, 11) is 6.45. The number of hydrogen-bond acceptors (Lipinski definition) is 4. The summed E-state index contributed by atoms with van der Waals surface area (Å²) in [5, 5.41) is 3.39. The molecule has 0 spiro atoms. The van der Waals surface area contributed by atoms with Crippen LogP contribution in [0.5, 0.6) is 0 Å². The van der Waals surface area contributed by atoms with Crippen LogP contribution in [-0.2, 0) is 6.54 Å². The van der Waals surface area contributed by atoms with E-state index in [0.717, 1.165) is 49.6 Å². The third-order valence-corrected chi connectivity index (χ3v) is 5.37. The van der Waals surface area contributed by atoms with E-state index in [1.165, 1.54) is 4.88 Å². The molecule has 0 bridgehead atoms. The smallest absolute Gasteiger partial charge is 0.194 e. The molecule has 1 aromatic heterocycles. The van der Waals surface area contributed by atoms with Gasteiger partial charge in [-0.2, -0.15) is 0 Å². The van der Waals surface area contributed by atoms with Crippen LogP contribution in [-0.4, -0.2) is 80.6 Å². The highest BCUT2D eigenvalue weighted by molar-refractivity contribution is 7.16. The summed E-state index contributed by atoms with van der Waals surface area (Å²) in [5.41, 5.74) is 0. The summed E-state index contributed by atoms with van der Waals surface area (Å²) in [6, 6.07) is 4.51. The predicted octanol–water partition coefficient (Wildman–Crippen LogP) is 2.04. The molecule has 0 amide bonds. The third-order valence-electron chi connectivity index (χ3n) is 4.15. The average Bonchev–Trinajstić information content (AvgIpc) is 2.91. The summed E-state index contributed by atoms with van der Waals surface area (Å²) in [4.78, 5) is 13.1. The molecule has 130 valence electrons. The van der Waals surface area contributed by atoms with Crippen molar-refractivity contribution in [2.45, 2.75) is 19.5 Å². The Morgan fingerprint density at radius 1 is 1.43 bits per heavy atom. The molecule has 0 saturated carbocycles. The Morgan fingerprint density at radius 3 is 2.87 bits per heavy atom. The quantitative estimate of drug-likeness (QED) is 0.646. The molecule has 0 radical (unpaired) electrons. The number of likely N-dealkylation sites (N-methyl/N-ethyl adjacent to an activating group) is 2. The van der Waals surface area contributed by atoms with Crippen LogP contribution in [0.4, 0.5) is 0 Å². The third kappa shape index (κ3) is 5.64. The number of piperazine rings is 1. The lowest BCUT2D eigenvalue weighted by atomic mass is 10.2. The van der Waals surface area contributed by atoms with Crippen molar-refractivity contribution in [2.24, 2.45) is 4.99 Å². The van der Waals surface area contributed by atoms with Crippen LogP contribution in [0.2, 0.25) is 4.34 Å². The Labute approximate surface area is 148 Å². The van der Waals surface area contributed by atoms with Crippen molar-refractivity contribution < 1.29 is 0 Å². The molecular formula is C16H28ClN5S. The van der Waals surface area contributed by atoms with Crippen molar-refractivity contribution in [3.05, 3.63) is 21.3 Å². The van der Waals surface area contributed by atoms with Crippen LogP contribution >= 0.6 is 22.9 Å². The normalized spacial score (nSPS) is 20.7. The lowest BCUT2D eigenvalue weighted by molar-refractivity contribution is 0.119. The van der Waals surface area contributed by atoms with E-state index in [1.54, 1.807) is 11.3 Å². The maximum absolute atomic E-state index is 6.02. The van der Waals surface area contributed by atoms with Crippen LogP contribution in [0.25, 0.3) is 0 Å². The minimum absolute atomic E-state index is 0.479. The van der Waals surface area contributed by atoms with Crippen molar-refractivity contribution in [3.63, 3.8) is 0 Å². The second kappa shape index (κ2) is 8.87. The summed E-state index contributed by atoms with van der Waals surface area (Å²) < 4.78 is 0.835. The van der Waals surface area contributed by atoms with E-state index in [4.69, 9.17) is 16.6 Å². The minimum Gasteiger partial charge on any atom is -0.357 e. The molecular weight excluding hydrogens is 330 g/mol. The predicted molar refractivity (Wildman–Crippen MR) is 101 cm³/mol. The SMILES string of the molecule is CCNC(=NCC1CN(C)CCN1C)N(C)Cc1ccc(Cl)s1. The first kappa shape index (κ1) is 18.5. The molecule has 5 nitrogen and oxygen atoms in total. The highest BCUT2D eigenvalue weighted by Gasteiger charge is 2.22. The van der Waals surface area contributed by atoms with Gasteiger partial charge in [0.15, 0.2) is 5.96 Å². The fourth-order valence-electron chi connectivity index (χ4n) is 2.71. The number of hydrogen-bond donors (Lipinski definition) is 1. The molecule has 23 heavy (non-hydrogen) atoms. The van der Waals surface area contributed by atoms with Gasteiger partial charge in [0.05, 0.1) is 17.4 Å². The molecule has 0 aliphatic carbocycles. The standard InChI is InChI=1S/C16H28ClN5S/c1-5-18-16(22(4)12-14-6-7-15(17)23-14)19-10-13-11-20(2)8-9-21(13)3/h6-7,13H,5,8-12H2,1-4H3,(H,18,19). The molecule has 1 saturated heterocycles. The van der Waals surface area contributed by atoms with Crippen LogP contribution in [0.3, 0.4) is 0 Å². The molecule has 1 atom stereocenters. The Morgan fingerprint density at radius 2 is 2.22 bits per heavy atom. The van der Waals surface area contributed by atoms with Crippen LogP contribution in [0.1, 0.15) is 11.8 Å². The van der Waals surface area contributed by atoms with E-state index < -0.39 is 0 Å². The first-order chi connectivity index (χ1) is 11.0. The Kier molecular flexibility index (Phi) is 7.14. The van der Waals surface area contributed by atoms with Gasteiger partial charge >= 0.3 is 0 Å². The maximum Gasteiger partial charge on any atom is 0.194 e. The first-order valence-electron chi connectivity index (χ1n) is 8.12. The van der Waals surface area contributed by atoms with Gasteiger partial charge < -0.3 is 15.1 Å². The molecule has 0 aromatic carbocycles. The largest absolute Gasteiger partial charge is 0.357 e. The number of aliphatic imine (C=N–C) groups is 1. The topological polar surface area (TPSA) is 34.1 Å². The van der Waals surface area contributed by atoms with E-state index in [9.17, 15) is 0 Å².